The number of carbonyl (C=O) groups is 1. The summed E-state index contributed by atoms with van der Waals surface area (Å²) in [6, 6.07) is 3.00. The highest BCUT2D eigenvalue weighted by Gasteiger charge is 2.24. The van der Waals surface area contributed by atoms with Crippen molar-refractivity contribution in [3.05, 3.63) is 35.4 Å². The van der Waals surface area contributed by atoms with Crippen LogP contribution in [0.25, 0.3) is 0 Å². The number of benzene rings is 1. The van der Waals surface area contributed by atoms with Crippen molar-refractivity contribution in [2.75, 3.05) is 6.54 Å². The zero-order valence-corrected chi connectivity index (χ0v) is 11.5. The van der Waals surface area contributed by atoms with Gasteiger partial charge in [-0.25, -0.2) is 8.78 Å². The van der Waals surface area contributed by atoms with Crippen molar-refractivity contribution >= 4 is 5.91 Å². The molecule has 19 heavy (non-hydrogen) atoms. The predicted octanol–water partition coefficient (Wildman–Crippen LogP) is 2.30. The summed E-state index contributed by atoms with van der Waals surface area (Å²) in [6.45, 7) is 5.67. The molecule has 0 aromatic heterocycles. The van der Waals surface area contributed by atoms with Crippen molar-refractivity contribution in [2.45, 2.75) is 33.4 Å². The fourth-order valence-corrected chi connectivity index (χ4v) is 1.72. The molecule has 0 unspecified atom stereocenters. The van der Waals surface area contributed by atoms with Crippen LogP contribution in [-0.2, 0) is 11.3 Å². The lowest BCUT2D eigenvalue weighted by molar-refractivity contribution is -0.134. The van der Waals surface area contributed by atoms with Crippen LogP contribution >= 0.6 is 0 Å². The minimum absolute atomic E-state index is 0.0213. The van der Waals surface area contributed by atoms with Crippen molar-refractivity contribution in [1.82, 2.24) is 4.90 Å². The maximum Gasteiger partial charge on any atom is 0.240 e. The standard InChI is InChI=1S/C14H20F2N2O/c1-4-18(14(19)13(17)9(2)3)8-10-11(15)6-5-7-12(10)16/h5-7,9,13H,4,8,17H2,1-3H3/t13-/m0/s1. The third kappa shape index (κ3) is 3.73. The molecule has 3 nitrogen and oxygen atoms in total. The molecule has 1 rings (SSSR count). The van der Waals surface area contributed by atoms with Gasteiger partial charge in [-0.3, -0.25) is 4.79 Å². The van der Waals surface area contributed by atoms with Gasteiger partial charge in [0, 0.05) is 12.1 Å². The minimum Gasteiger partial charge on any atom is -0.337 e. The molecule has 0 fully saturated rings. The summed E-state index contributed by atoms with van der Waals surface area (Å²) in [7, 11) is 0. The van der Waals surface area contributed by atoms with E-state index in [0.717, 1.165) is 0 Å². The summed E-state index contributed by atoms with van der Waals surface area (Å²) in [5.41, 5.74) is 5.68. The fraction of sp³-hybridized carbons (Fsp3) is 0.500. The highest BCUT2D eigenvalue weighted by Crippen LogP contribution is 2.16. The molecule has 0 saturated heterocycles. The van der Waals surface area contributed by atoms with Gasteiger partial charge in [-0.05, 0) is 25.0 Å². The molecule has 0 aliphatic carbocycles. The summed E-state index contributed by atoms with van der Waals surface area (Å²) >= 11 is 0. The number of hydrogen-bond donors (Lipinski definition) is 1. The Morgan fingerprint density at radius 3 is 2.26 bits per heavy atom. The molecule has 1 aromatic carbocycles. The van der Waals surface area contributed by atoms with Gasteiger partial charge in [-0.1, -0.05) is 19.9 Å². The number of rotatable bonds is 5. The molecule has 2 N–H and O–H groups in total. The van der Waals surface area contributed by atoms with E-state index in [2.05, 4.69) is 0 Å². The lowest BCUT2D eigenvalue weighted by atomic mass is 10.0. The largest absolute Gasteiger partial charge is 0.337 e. The molecule has 1 amide bonds. The maximum atomic E-state index is 13.6. The van der Waals surface area contributed by atoms with E-state index in [4.69, 9.17) is 5.73 Å². The van der Waals surface area contributed by atoms with Crippen LogP contribution in [0, 0.1) is 17.6 Å². The summed E-state index contributed by atoms with van der Waals surface area (Å²) in [5, 5.41) is 0. The van der Waals surface area contributed by atoms with Gasteiger partial charge in [0.25, 0.3) is 0 Å². The van der Waals surface area contributed by atoms with E-state index in [9.17, 15) is 13.6 Å². The average molecular weight is 270 g/mol. The van der Waals surface area contributed by atoms with Crippen molar-refractivity contribution in [1.29, 1.82) is 0 Å². The minimum atomic E-state index is -0.658. The van der Waals surface area contributed by atoms with Gasteiger partial charge in [-0.2, -0.15) is 0 Å². The second-order valence-corrected chi connectivity index (χ2v) is 4.82. The normalized spacial score (nSPS) is 12.6. The van der Waals surface area contributed by atoms with Gasteiger partial charge < -0.3 is 10.6 Å². The molecule has 106 valence electrons. The Hall–Kier alpha value is -1.49. The first-order valence-electron chi connectivity index (χ1n) is 6.35. The lowest BCUT2D eigenvalue weighted by Gasteiger charge is -2.26. The topological polar surface area (TPSA) is 46.3 Å². The van der Waals surface area contributed by atoms with Crippen LogP contribution in [-0.4, -0.2) is 23.4 Å². The third-order valence-corrected chi connectivity index (χ3v) is 3.11. The van der Waals surface area contributed by atoms with Gasteiger partial charge in [0.15, 0.2) is 0 Å². The van der Waals surface area contributed by atoms with Crippen molar-refractivity contribution in [3.63, 3.8) is 0 Å². The Balaban J connectivity index is 2.91. The van der Waals surface area contributed by atoms with Gasteiger partial charge >= 0.3 is 0 Å². The molecule has 0 bridgehead atoms. The summed E-state index contributed by atoms with van der Waals surface area (Å²) in [4.78, 5) is 13.5. The molecule has 0 radical (unpaired) electrons. The van der Waals surface area contributed by atoms with Crippen LogP contribution in [0.5, 0.6) is 0 Å². The van der Waals surface area contributed by atoms with Gasteiger partial charge in [0.1, 0.15) is 11.6 Å². The zero-order valence-electron chi connectivity index (χ0n) is 11.5. The molecule has 1 atom stereocenters. The molecular formula is C14H20F2N2O. The van der Waals surface area contributed by atoms with Crippen molar-refractivity contribution < 1.29 is 13.6 Å². The highest BCUT2D eigenvalue weighted by molar-refractivity contribution is 5.81. The van der Waals surface area contributed by atoms with E-state index in [-0.39, 0.29) is 23.9 Å². The van der Waals surface area contributed by atoms with Gasteiger partial charge in [0.2, 0.25) is 5.91 Å². The molecule has 1 aromatic rings. The number of carbonyl (C=O) groups excluding carboxylic acids is 1. The van der Waals surface area contributed by atoms with Crippen LogP contribution in [0.15, 0.2) is 18.2 Å². The Morgan fingerprint density at radius 2 is 1.84 bits per heavy atom. The molecule has 0 aliphatic heterocycles. The molecule has 0 saturated carbocycles. The van der Waals surface area contributed by atoms with Crippen LogP contribution < -0.4 is 5.73 Å². The first-order valence-corrected chi connectivity index (χ1v) is 6.35. The molecular weight excluding hydrogens is 250 g/mol. The number of halogens is 2. The molecule has 0 spiro atoms. The van der Waals surface area contributed by atoms with Gasteiger partial charge in [0.05, 0.1) is 12.6 Å². The Kier molecular flexibility index (Phi) is 5.42. The van der Waals surface area contributed by atoms with E-state index < -0.39 is 17.7 Å². The summed E-state index contributed by atoms with van der Waals surface area (Å²) in [5.74, 6) is -1.61. The number of nitrogens with two attached hydrogens (primary N) is 1. The van der Waals surface area contributed by atoms with Gasteiger partial charge in [-0.15, -0.1) is 0 Å². The van der Waals surface area contributed by atoms with Crippen LogP contribution in [0.2, 0.25) is 0 Å². The van der Waals surface area contributed by atoms with Crippen molar-refractivity contribution in [2.24, 2.45) is 11.7 Å². The number of hydrogen-bond acceptors (Lipinski definition) is 2. The fourth-order valence-electron chi connectivity index (χ4n) is 1.72. The third-order valence-electron chi connectivity index (χ3n) is 3.11. The van der Waals surface area contributed by atoms with Crippen molar-refractivity contribution in [3.8, 4) is 0 Å². The molecule has 0 aliphatic rings. The highest BCUT2D eigenvalue weighted by atomic mass is 19.1. The van der Waals surface area contributed by atoms with Crippen LogP contribution in [0.4, 0.5) is 8.78 Å². The molecule has 0 heterocycles. The van der Waals surface area contributed by atoms with E-state index in [1.54, 1.807) is 6.92 Å². The summed E-state index contributed by atoms with van der Waals surface area (Å²) in [6.07, 6.45) is 0. The summed E-state index contributed by atoms with van der Waals surface area (Å²) < 4.78 is 27.1. The number of likely N-dealkylation sites (N-methyl/N-ethyl adjacent to an activating group) is 1. The van der Waals surface area contributed by atoms with E-state index in [1.165, 1.54) is 23.1 Å². The average Bonchev–Trinajstić information content (AvgIpc) is 2.37. The second-order valence-electron chi connectivity index (χ2n) is 4.82. The monoisotopic (exact) mass is 270 g/mol. The Bertz CT molecular complexity index is 429. The lowest BCUT2D eigenvalue weighted by Crippen LogP contribution is -2.46. The maximum absolute atomic E-state index is 13.6. The Labute approximate surface area is 112 Å². The SMILES string of the molecule is CCN(Cc1c(F)cccc1F)C(=O)[C@@H](N)C(C)C. The second kappa shape index (κ2) is 6.61. The van der Waals surface area contributed by atoms with E-state index in [1.807, 2.05) is 13.8 Å². The van der Waals surface area contributed by atoms with E-state index in [0.29, 0.717) is 6.54 Å². The predicted molar refractivity (Wildman–Crippen MR) is 70.3 cm³/mol. The quantitative estimate of drug-likeness (QED) is 0.892. The van der Waals surface area contributed by atoms with Crippen LogP contribution in [0.3, 0.4) is 0 Å². The first-order chi connectivity index (χ1) is 8.88. The van der Waals surface area contributed by atoms with Crippen LogP contribution in [0.1, 0.15) is 26.3 Å². The number of nitrogens with zero attached hydrogens (tertiary/aromatic N) is 1. The Morgan fingerprint density at radius 1 is 1.32 bits per heavy atom. The number of amides is 1. The molecule has 5 heteroatoms. The van der Waals surface area contributed by atoms with E-state index >= 15 is 0 Å². The smallest absolute Gasteiger partial charge is 0.240 e. The zero-order chi connectivity index (χ0) is 14.6. The first kappa shape index (κ1) is 15.6.